The predicted molar refractivity (Wildman–Crippen MR) is 65.6 cm³/mol. The molecule has 2 rings (SSSR count). The van der Waals surface area contributed by atoms with Crippen molar-refractivity contribution in [1.29, 1.82) is 0 Å². The minimum Gasteiger partial charge on any atom is -0.393 e. The molecule has 1 aromatic rings. The molecular weight excluding hydrogens is 273 g/mol. The largest absolute Gasteiger partial charge is 0.393 e. The summed E-state index contributed by atoms with van der Waals surface area (Å²) in [5.74, 6) is 0.0261. The lowest BCUT2D eigenvalue weighted by Crippen LogP contribution is -2.48. The van der Waals surface area contributed by atoms with E-state index in [0.717, 1.165) is 4.57 Å². The van der Waals surface area contributed by atoms with Gasteiger partial charge in [0.15, 0.2) is 11.8 Å². The first-order valence-electron chi connectivity index (χ1n) is 5.92. The molecule has 1 aromatic heterocycles. The van der Waals surface area contributed by atoms with Crippen LogP contribution in [0.25, 0.3) is 0 Å². The lowest BCUT2D eigenvalue weighted by atomic mass is 9.98. The van der Waals surface area contributed by atoms with Crippen molar-refractivity contribution in [3.05, 3.63) is 22.2 Å². The zero-order valence-corrected chi connectivity index (χ0v) is 10.7. The Morgan fingerprint density at radius 1 is 1.60 bits per heavy atom. The van der Waals surface area contributed by atoms with Crippen LogP contribution in [0.15, 0.2) is 11.0 Å². The van der Waals surface area contributed by atoms with E-state index in [4.69, 9.17) is 10.5 Å². The van der Waals surface area contributed by atoms with Crippen molar-refractivity contribution in [2.75, 3.05) is 19.0 Å². The molecule has 1 aliphatic heterocycles. The van der Waals surface area contributed by atoms with E-state index in [1.54, 1.807) is 6.92 Å². The van der Waals surface area contributed by atoms with Crippen LogP contribution in [0.3, 0.4) is 0 Å². The van der Waals surface area contributed by atoms with Crippen molar-refractivity contribution >= 4 is 5.82 Å². The molecule has 8 nitrogen and oxygen atoms in total. The van der Waals surface area contributed by atoms with Crippen molar-refractivity contribution in [1.82, 2.24) is 9.55 Å². The molecule has 0 saturated carbocycles. The van der Waals surface area contributed by atoms with E-state index in [1.807, 2.05) is 0 Å². The monoisotopic (exact) mass is 289 g/mol. The summed E-state index contributed by atoms with van der Waals surface area (Å²) in [6.07, 6.45) is -3.32. The number of ether oxygens (including phenoxy) is 1. The van der Waals surface area contributed by atoms with Gasteiger partial charge in [0.25, 0.3) is 0 Å². The predicted octanol–water partition coefficient (Wildman–Crippen LogP) is -1.91. The number of aromatic nitrogens is 2. The highest BCUT2D eigenvalue weighted by atomic mass is 19.1. The average molecular weight is 289 g/mol. The lowest BCUT2D eigenvalue weighted by molar-refractivity contribution is -0.138. The van der Waals surface area contributed by atoms with E-state index >= 15 is 0 Å². The Kier molecular flexibility index (Phi) is 3.78. The van der Waals surface area contributed by atoms with Gasteiger partial charge in [0.05, 0.1) is 6.61 Å². The maximum atomic E-state index is 13.0. The third-order valence-electron chi connectivity index (χ3n) is 3.45. The topological polar surface area (TPSA) is 131 Å². The quantitative estimate of drug-likeness (QED) is 0.510. The maximum Gasteiger partial charge on any atom is 0.351 e. The second-order valence-corrected chi connectivity index (χ2v) is 4.80. The molecule has 4 atom stereocenters. The molecule has 9 heteroatoms. The molecule has 0 amide bonds. The highest BCUT2D eigenvalue weighted by Gasteiger charge is 2.55. The van der Waals surface area contributed by atoms with Gasteiger partial charge in [-0.2, -0.15) is 4.98 Å². The molecule has 0 radical (unpaired) electrons. The standard InChI is InChI=1S/C11H16FN3O5/c1-5-2-15(10(19)14-8(5)13)9-6(17)7(18)11(3-12,4-16)20-9/h2,6-7,9,16-18H,3-4H2,1H3,(H2,13,14,19)/t6-,7-,9+,11+/m0/s1. The first-order chi connectivity index (χ1) is 9.36. The second-order valence-electron chi connectivity index (χ2n) is 4.80. The summed E-state index contributed by atoms with van der Waals surface area (Å²) in [6, 6.07) is 0. The van der Waals surface area contributed by atoms with Crippen LogP contribution >= 0.6 is 0 Å². The summed E-state index contributed by atoms with van der Waals surface area (Å²) in [5, 5.41) is 28.9. The van der Waals surface area contributed by atoms with Gasteiger partial charge < -0.3 is 25.8 Å². The Morgan fingerprint density at radius 2 is 2.25 bits per heavy atom. The number of anilines is 1. The number of alkyl halides is 1. The molecule has 0 aliphatic carbocycles. The van der Waals surface area contributed by atoms with Crippen LogP contribution < -0.4 is 11.4 Å². The maximum absolute atomic E-state index is 13.0. The number of nitrogens with zero attached hydrogens (tertiary/aromatic N) is 2. The van der Waals surface area contributed by atoms with Crippen molar-refractivity contribution in [2.45, 2.75) is 31.0 Å². The van der Waals surface area contributed by atoms with E-state index in [9.17, 15) is 24.5 Å². The number of aliphatic hydroxyl groups is 3. The number of hydrogen-bond acceptors (Lipinski definition) is 7. The lowest BCUT2D eigenvalue weighted by Gasteiger charge is -2.26. The van der Waals surface area contributed by atoms with Gasteiger partial charge in [0.2, 0.25) is 0 Å². The van der Waals surface area contributed by atoms with E-state index in [1.165, 1.54) is 6.20 Å². The summed E-state index contributed by atoms with van der Waals surface area (Å²) in [7, 11) is 0. The highest BCUT2D eigenvalue weighted by Crippen LogP contribution is 2.36. The van der Waals surface area contributed by atoms with Crippen LogP contribution in [0, 0.1) is 6.92 Å². The Labute approximate surface area is 113 Å². The Balaban J connectivity index is 2.45. The molecule has 0 unspecified atom stereocenters. The number of nitrogen functional groups attached to an aromatic ring is 1. The fraction of sp³-hybridized carbons (Fsp3) is 0.636. The van der Waals surface area contributed by atoms with Gasteiger partial charge in [-0.05, 0) is 6.92 Å². The fourth-order valence-corrected chi connectivity index (χ4v) is 2.11. The summed E-state index contributed by atoms with van der Waals surface area (Å²) in [6.45, 7) is -0.465. The minimum atomic E-state index is -1.96. The van der Waals surface area contributed by atoms with Crippen LogP contribution in [0.2, 0.25) is 0 Å². The molecule has 2 heterocycles. The van der Waals surface area contributed by atoms with Gasteiger partial charge in [0.1, 0.15) is 24.7 Å². The summed E-state index contributed by atoms with van der Waals surface area (Å²) in [4.78, 5) is 15.3. The smallest absolute Gasteiger partial charge is 0.351 e. The molecule has 20 heavy (non-hydrogen) atoms. The molecule has 1 saturated heterocycles. The van der Waals surface area contributed by atoms with Gasteiger partial charge in [-0.1, -0.05) is 0 Å². The van der Waals surface area contributed by atoms with E-state index in [-0.39, 0.29) is 5.82 Å². The van der Waals surface area contributed by atoms with Crippen LogP contribution in [0.4, 0.5) is 10.2 Å². The Bertz CT molecular complexity index is 559. The van der Waals surface area contributed by atoms with Crippen molar-refractivity contribution in [3.8, 4) is 0 Å². The molecule has 1 aliphatic rings. The van der Waals surface area contributed by atoms with E-state index in [0.29, 0.717) is 5.56 Å². The molecule has 5 N–H and O–H groups in total. The van der Waals surface area contributed by atoms with Gasteiger partial charge in [-0.3, -0.25) is 4.57 Å². The highest BCUT2D eigenvalue weighted by molar-refractivity contribution is 5.35. The molecule has 112 valence electrons. The van der Waals surface area contributed by atoms with Gasteiger partial charge in [0, 0.05) is 11.8 Å². The summed E-state index contributed by atoms with van der Waals surface area (Å²) < 4.78 is 19.1. The van der Waals surface area contributed by atoms with E-state index < -0.39 is 43.0 Å². The number of aliphatic hydroxyl groups excluding tert-OH is 3. The first-order valence-corrected chi connectivity index (χ1v) is 5.92. The van der Waals surface area contributed by atoms with Gasteiger partial charge in [-0.25, -0.2) is 9.18 Å². The zero-order valence-electron chi connectivity index (χ0n) is 10.7. The van der Waals surface area contributed by atoms with Crippen LogP contribution in [-0.4, -0.2) is 56.0 Å². The number of aryl methyl sites for hydroxylation is 1. The number of hydrogen-bond donors (Lipinski definition) is 4. The zero-order chi connectivity index (χ0) is 15.1. The van der Waals surface area contributed by atoms with Crippen molar-refractivity contribution in [3.63, 3.8) is 0 Å². The van der Waals surface area contributed by atoms with Crippen LogP contribution in [0.5, 0.6) is 0 Å². The Morgan fingerprint density at radius 3 is 2.75 bits per heavy atom. The molecule has 0 spiro atoms. The molecular formula is C11H16FN3O5. The minimum absolute atomic E-state index is 0.0261. The first kappa shape index (κ1) is 14.9. The van der Waals surface area contributed by atoms with Crippen LogP contribution in [0.1, 0.15) is 11.8 Å². The average Bonchev–Trinajstić information content (AvgIpc) is 2.68. The van der Waals surface area contributed by atoms with Gasteiger partial charge in [-0.15, -0.1) is 0 Å². The fourth-order valence-electron chi connectivity index (χ4n) is 2.11. The van der Waals surface area contributed by atoms with Crippen molar-refractivity contribution < 1.29 is 24.4 Å². The second kappa shape index (κ2) is 5.09. The summed E-state index contributed by atoms with van der Waals surface area (Å²) in [5.41, 5.74) is 3.17. The third-order valence-corrected chi connectivity index (χ3v) is 3.45. The van der Waals surface area contributed by atoms with Crippen molar-refractivity contribution in [2.24, 2.45) is 0 Å². The number of halogens is 1. The van der Waals surface area contributed by atoms with Crippen LogP contribution in [-0.2, 0) is 4.74 Å². The summed E-state index contributed by atoms with van der Waals surface area (Å²) >= 11 is 0. The third kappa shape index (κ3) is 2.08. The van der Waals surface area contributed by atoms with E-state index in [2.05, 4.69) is 4.98 Å². The van der Waals surface area contributed by atoms with Gasteiger partial charge >= 0.3 is 5.69 Å². The SMILES string of the molecule is Cc1cn([C@@H]2O[C@@](CO)(CF)[C@@H](O)[C@@H]2O)c(=O)nc1N. The number of rotatable bonds is 3. The Hall–Kier alpha value is -1.55. The molecule has 1 fully saturated rings. The normalized spacial score (nSPS) is 33.5. The molecule has 0 bridgehead atoms. The number of nitrogens with two attached hydrogens (primary N) is 1. The molecule has 0 aromatic carbocycles.